The van der Waals surface area contributed by atoms with Crippen molar-refractivity contribution in [1.29, 1.82) is 0 Å². The van der Waals surface area contributed by atoms with E-state index in [-0.39, 0.29) is 25.6 Å². The van der Waals surface area contributed by atoms with Crippen LogP contribution in [0.15, 0.2) is 30.5 Å². The maximum Gasteiger partial charge on any atom is 0.311 e. The van der Waals surface area contributed by atoms with Gasteiger partial charge in [0.15, 0.2) is 5.75 Å². The quantitative estimate of drug-likeness (QED) is 0.390. The van der Waals surface area contributed by atoms with Crippen LogP contribution in [0.4, 0.5) is 0 Å². The molecule has 9 heteroatoms. The summed E-state index contributed by atoms with van der Waals surface area (Å²) in [6.45, 7) is 3.56. The summed E-state index contributed by atoms with van der Waals surface area (Å²) in [6, 6.07) is 7.33. The molecule has 0 saturated heterocycles. The summed E-state index contributed by atoms with van der Waals surface area (Å²) in [7, 11) is 0. The van der Waals surface area contributed by atoms with Crippen molar-refractivity contribution in [2.24, 2.45) is 0 Å². The van der Waals surface area contributed by atoms with Crippen molar-refractivity contribution >= 4 is 17.6 Å². The third-order valence-corrected chi connectivity index (χ3v) is 4.69. The number of carbonyl (C=O) groups excluding carboxylic acids is 1. The van der Waals surface area contributed by atoms with Crippen molar-refractivity contribution in [3.05, 3.63) is 68.0 Å². The van der Waals surface area contributed by atoms with E-state index in [1.807, 2.05) is 12.1 Å². The van der Waals surface area contributed by atoms with Gasteiger partial charge < -0.3 is 14.3 Å². The minimum atomic E-state index is -0.873. The van der Waals surface area contributed by atoms with Gasteiger partial charge in [-0.2, -0.15) is 0 Å². The van der Waals surface area contributed by atoms with E-state index in [0.717, 1.165) is 16.7 Å². The lowest BCUT2D eigenvalue weighted by molar-refractivity contribution is -0.767. The first-order valence-electron chi connectivity index (χ1n) is 8.72. The van der Waals surface area contributed by atoms with Gasteiger partial charge in [0.2, 0.25) is 0 Å². The van der Waals surface area contributed by atoms with Crippen molar-refractivity contribution in [1.82, 2.24) is 4.98 Å². The largest absolute Gasteiger partial charge is 0.424 e. The average Bonchev–Trinajstić information content (AvgIpc) is 3.07. The topological polar surface area (TPSA) is 101 Å². The lowest BCUT2D eigenvalue weighted by atomic mass is 10.0. The molecule has 3 rings (SSSR count). The highest BCUT2D eigenvalue weighted by molar-refractivity contribution is 6.30. The smallest absolute Gasteiger partial charge is 0.311 e. The van der Waals surface area contributed by atoms with Gasteiger partial charge >= 0.3 is 5.97 Å². The summed E-state index contributed by atoms with van der Waals surface area (Å²) < 4.78 is 11.4. The predicted octanol–water partition coefficient (Wildman–Crippen LogP) is 3.95. The van der Waals surface area contributed by atoms with E-state index in [0.29, 0.717) is 16.5 Å². The van der Waals surface area contributed by atoms with Gasteiger partial charge in [-0.15, -0.1) is 10.1 Å². The molecule has 1 aliphatic heterocycles. The first kappa shape index (κ1) is 20.0. The number of esters is 1. The molecular formula is C19H19ClN2O6. The minimum absolute atomic E-state index is 0.0143. The van der Waals surface area contributed by atoms with Crippen molar-refractivity contribution in [2.45, 2.75) is 45.5 Å². The Morgan fingerprint density at radius 2 is 2.14 bits per heavy atom. The van der Waals surface area contributed by atoms with E-state index in [4.69, 9.17) is 21.1 Å². The molecule has 148 valence electrons. The van der Waals surface area contributed by atoms with E-state index in [9.17, 15) is 14.9 Å². The molecule has 1 aromatic carbocycles. The number of rotatable bonds is 7. The van der Waals surface area contributed by atoms with Gasteiger partial charge in [0.25, 0.3) is 5.09 Å². The third-order valence-electron chi connectivity index (χ3n) is 4.43. The maximum atomic E-state index is 12.2. The highest BCUT2D eigenvalue weighted by Gasteiger charge is 2.30. The fraction of sp³-hybridized carbons (Fsp3) is 0.368. The SMILES string of the molecule is Cc1ncc2c(c1OC(=O)CCC(C)O[N+](=O)[O-])CO[C@@H]2c1ccc(Cl)cc1. The lowest BCUT2D eigenvalue weighted by Crippen LogP contribution is -2.17. The fourth-order valence-corrected chi connectivity index (χ4v) is 3.14. The van der Waals surface area contributed by atoms with Crippen LogP contribution in [0.3, 0.4) is 0 Å². The fourth-order valence-electron chi connectivity index (χ4n) is 3.02. The molecule has 0 aliphatic carbocycles. The molecule has 1 aliphatic rings. The first-order valence-corrected chi connectivity index (χ1v) is 9.10. The summed E-state index contributed by atoms with van der Waals surface area (Å²) in [5.74, 6) is -0.131. The van der Waals surface area contributed by atoms with Gasteiger partial charge in [0.1, 0.15) is 12.2 Å². The van der Waals surface area contributed by atoms with Gasteiger partial charge in [-0.25, -0.2) is 0 Å². The molecular weight excluding hydrogens is 388 g/mol. The molecule has 0 fully saturated rings. The second kappa shape index (κ2) is 8.53. The molecule has 28 heavy (non-hydrogen) atoms. The Hall–Kier alpha value is -2.71. The van der Waals surface area contributed by atoms with Crippen molar-refractivity contribution in [2.75, 3.05) is 0 Å². The van der Waals surface area contributed by atoms with Crippen LogP contribution in [0.5, 0.6) is 5.75 Å². The highest BCUT2D eigenvalue weighted by atomic mass is 35.5. The summed E-state index contributed by atoms with van der Waals surface area (Å²) in [5, 5.41) is 10.1. The molecule has 0 amide bonds. The molecule has 1 aromatic heterocycles. The van der Waals surface area contributed by atoms with Gasteiger partial charge in [-0.1, -0.05) is 23.7 Å². The molecule has 2 aromatic rings. The van der Waals surface area contributed by atoms with Crippen LogP contribution in [0, 0.1) is 17.0 Å². The maximum absolute atomic E-state index is 12.2. The second-order valence-electron chi connectivity index (χ2n) is 6.50. The number of ether oxygens (including phenoxy) is 2. The summed E-state index contributed by atoms with van der Waals surface area (Å²) in [6.07, 6.45) is 0.874. The van der Waals surface area contributed by atoms with Crippen LogP contribution in [0.1, 0.15) is 48.3 Å². The Morgan fingerprint density at radius 3 is 2.82 bits per heavy atom. The van der Waals surface area contributed by atoms with E-state index in [2.05, 4.69) is 9.82 Å². The molecule has 1 unspecified atom stereocenters. The number of nitrogens with zero attached hydrogens (tertiary/aromatic N) is 2. The number of hydrogen-bond acceptors (Lipinski definition) is 7. The number of fused-ring (bicyclic) bond motifs is 1. The number of halogens is 1. The molecule has 0 spiro atoms. The van der Waals surface area contributed by atoms with Crippen LogP contribution < -0.4 is 4.74 Å². The third kappa shape index (κ3) is 4.58. The summed E-state index contributed by atoms with van der Waals surface area (Å²) in [4.78, 5) is 31.3. The summed E-state index contributed by atoms with van der Waals surface area (Å²) in [5.41, 5.74) is 3.11. The van der Waals surface area contributed by atoms with Gasteiger partial charge in [-0.05, 0) is 38.0 Å². The number of hydrogen-bond donors (Lipinski definition) is 0. The highest BCUT2D eigenvalue weighted by Crippen LogP contribution is 2.41. The number of pyridine rings is 1. The predicted molar refractivity (Wildman–Crippen MR) is 99.5 cm³/mol. The van der Waals surface area contributed by atoms with Gasteiger partial charge in [0, 0.05) is 28.8 Å². The first-order chi connectivity index (χ1) is 13.3. The average molecular weight is 407 g/mol. The van der Waals surface area contributed by atoms with Crippen LogP contribution >= 0.6 is 11.6 Å². The molecule has 2 atom stereocenters. The number of aromatic nitrogens is 1. The molecule has 8 nitrogen and oxygen atoms in total. The van der Waals surface area contributed by atoms with Gasteiger partial charge in [-0.3, -0.25) is 9.78 Å². The van der Waals surface area contributed by atoms with E-state index < -0.39 is 17.2 Å². The van der Waals surface area contributed by atoms with Gasteiger partial charge in [0.05, 0.1) is 12.3 Å². The molecule has 0 bridgehead atoms. The standard InChI is InChI=1S/C19H19ClN2O6/c1-11(28-22(24)25)3-8-17(23)27-18-12(2)21-9-15-16(18)10-26-19(15)13-4-6-14(20)7-5-13/h4-7,9,11,19H,3,8,10H2,1-2H3/t11?,19-/m1/s1. The zero-order valence-electron chi connectivity index (χ0n) is 15.4. The molecule has 2 heterocycles. The van der Waals surface area contributed by atoms with Crippen LogP contribution in [-0.4, -0.2) is 22.1 Å². The Balaban J connectivity index is 1.74. The van der Waals surface area contributed by atoms with E-state index >= 15 is 0 Å². The minimum Gasteiger partial charge on any atom is -0.424 e. The Labute approximate surface area is 166 Å². The molecule has 0 saturated carbocycles. The zero-order valence-corrected chi connectivity index (χ0v) is 16.1. The van der Waals surface area contributed by atoms with Crippen molar-refractivity contribution in [3.63, 3.8) is 0 Å². The van der Waals surface area contributed by atoms with Crippen LogP contribution in [0.2, 0.25) is 5.02 Å². The molecule has 0 N–H and O–H groups in total. The van der Waals surface area contributed by atoms with Crippen molar-refractivity contribution in [3.8, 4) is 5.75 Å². The van der Waals surface area contributed by atoms with E-state index in [1.165, 1.54) is 6.92 Å². The second-order valence-corrected chi connectivity index (χ2v) is 6.94. The number of carbonyl (C=O) groups is 1. The summed E-state index contributed by atoms with van der Waals surface area (Å²) >= 11 is 5.94. The zero-order chi connectivity index (χ0) is 20.3. The Bertz CT molecular complexity index is 887. The van der Waals surface area contributed by atoms with Crippen LogP contribution in [0.25, 0.3) is 0 Å². The van der Waals surface area contributed by atoms with Crippen LogP contribution in [-0.2, 0) is 21.0 Å². The lowest BCUT2D eigenvalue weighted by Gasteiger charge is -2.14. The number of benzene rings is 1. The Morgan fingerprint density at radius 1 is 1.43 bits per heavy atom. The Kier molecular flexibility index (Phi) is 6.11. The monoisotopic (exact) mass is 406 g/mol. The molecule has 0 radical (unpaired) electrons. The normalized spacial score (nSPS) is 16.3. The van der Waals surface area contributed by atoms with E-state index in [1.54, 1.807) is 25.3 Å². The number of aryl methyl sites for hydroxylation is 1. The van der Waals surface area contributed by atoms with Crippen molar-refractivity contribution < 1.29 is 24.2 Å².